The van der Waals surface area contributed by atoms with Crippen LogP contribution in [-0.2, 0) is 6.42 Å². The number of para-hydroxylation sites is 1. The van der Waals surface area contributed by atoms with Crippen molar-refractivity contribution in [2.75, 3.05) is 0 Å². The third-order valence-corrected chi connectivity index (χ3v) is 3.22. The molecule has 1 radical (unpaired) electrons. The Morgan fingerprint density at radius 2 is 2.18 bits per heavy atom. The van der Waals surface area contributed by atoms with Crippen molar-refractivity contribution in [2.24, 2.45) is 0 Å². The summed E-state index contributed by atoms with van der Waals surface area (Å²) in [5.74, 6) is 0.702. The Bertz CT molecular complexity index is 640. The van der Waals surface area contributed by atoms with E-state index in [1.807, 2.05) is 31.2 Å². The van der Waals surface area contributed by atoms with Crippen LogP contribution < -0.4 is 10.3 Å². The first-order valence-electron chi connectivity index (χ1n) is 5.75. The highest BCUT2D eigenvalue weighted by molar-refractivity contribution is 5.86. The lowest BCUT2D eigenvalue weighted by molar-refractivity contribution is 0.113. The van der Waals surface area contributed by atoms with Crippen LogP contribution in [0, 0.1) is 6.92 Å². The highest BCUT2D eigenvalue weighted by Gasteiger charge is 2.29. The molecular formula is C14H14NO2. The molecule has 2 aromatic rings. The van der Waals surface area contributed by atoms with Crippen molar-refractivity contribution >= 4 is 10.9 Å². The van der Waals surface area contributed by atoms with Crippen LogP contribution in [0.15, 0.2) is 29.1 Å². The normalized spacial score (nSPS) is 17.5. The summed E-state index contributed by atoms with van der Waals surface area (Å²) in [5.41, 5.74) is 1.07. The van der Waals surface area contributed by atoms with Crippen molar-refractivity contribution in [3.05, 3.63) is 47.1 Å². The zero-order chi connectivity index (χ0) is 12.0. The van der Waals surface area contributed by atoms with E-state index in [9.17, 15) is 4.79 Å². The average molecular weight is 228 g/mol. The van der Waals surface area contributed by atoms with Gasteiger partial charge < -0.3 is 9.72 Å². The minimum Gasteiger partial charge on any atom is -0.486 e. The third kappa shape index (κ3) is 1.62. The molecule has 17 heavy (non-hydrogen) atoms. The predicted molar refractivity (Wildman–Crippen MR) is 67.3 cm³/mol. The van der Waals surface area contributed by atoms with E-state index in [1.54, 1.807) is 0 Å². The van der Waals surface area contributed by atoms with Gasteiger partial charge in [-0.1, -0.05) is 12.1 Å². The van der Waals surface area contributed by atoms with Crippen LogP contribution in [0.4, 0.5) is 0 Å². The van der Waals surface area contributed by atoms with Gasteiger partial charge in [-0.05, 0) is 38.8 Å². The second-order valence-corrected chi connectivity index (χ2v) is 4.86. The molecule has 0 bridgehead atoms. The number of ether oxygens (including phenoxy) is 1. The lowest BCUT2D eigenvalue weighted by Gasteiger charge is -2.32. The minimum absolute atomic E-state index is 0.0470. The Labute approximate surface area is 99.4 Å². The standard InChI is InChI=1S/C14H14NO2/c1-14(2)8-7-10-12(17-14)9-5-3-4-6-11(9)15-13(10)16/h3-6H,1,7-8H2,2H3,(H,15,16). The highest BCUT2D eigenvalue weighted by atomic mass is 16.5. The Balaban J connectivity index is 2.35. The largest absolute Gasteiger partial charge is 0.486 e. The van der Waals surface area contributed by atoms with Crippen molar-refractivity contribution in [3.8, 4) is 5.75 Å². The molecule has 1 aromatic heterocycles. The van der Waals surface area contributed by atoms with Crippen molar-refractivity contribution in [1.29, 1.82) is 0 Å². The molecule has 1 aliphatic heterocycles. The summed E-state index contributed by atoms with van der Waals surface area (Å²) in [6.45, 7) is 5.98. The van der Waals surface area contributed by atoms with Gasteiger partial charge in [-0.15, -0.1) is 0 Å². The molecule has 3 nitrogen and oxygen atoms in total. The molecule has 3 rings (SSSR count). The second-order valence-electron chi connectivity index (χ2n) is 4.86. The fourth-order valence-corrected chi connectivity index (χ4v) is 2.28. The van der Waals surface area contributed by atoms with Crippen molar-refractivity contribution in [2.45, 2.75) is 25.4 Å². The quantitative estimate of drug-likeness (QED) is 0.752. The first-order chi connectivity index (χ1) is 8.07. The van der Waals surface area contributed by atoms with E-state index in [0.29, 0.717) is 5.75 Å². The zero-order valence-corrected chi connectivity index (χ0v) is 9.75. The number of fused-ring (bicyclic) bond motifs is 3. The molecule has 3 heteroatoms. The van der Waals surface area contributed by atoms with Crippen molar-refractivity contribution < 1.29 is 4.74 Å². The molecule has 1 aromatic carbocycles. The van der Waals surface area contributed by atoms with E-state index in [-0.39, 0.29) is 5.56 Å². The van der Waals surface area contributed by atoms with Crippen LogP contribution >= 0.6 is 0 Å². The summed E-state index contributed by atoms with van der Waals surface area (Å²) in [4.78, 5) is 14.8. The van der Waals surface area contributed by atoms with Gasteiger partial charge in [-0.3, -0.25) is 4.79 Å². The molecule has 2 heterocycles. The topological polar surface area (TPSA) is 42.1 Å². The summed E-state index contributed by atoms with van der Waals surface area (Å²) >= 11 is 0. The Morgan fingerprint density at radius 1 is 1.41 bits per heavy atom. The number of rotatable bonds is 0. The van der Waals surface area contributed by atoms with E-state index in [2.05, 4.69) is 11.9 Å². The lowest BCUT2D eigenvalue weighted by Crippen LogP contribution is -2.35. The summed E-state index contributed by atoms with van der Waals surface area (Å²) in [6.07, 6.45) is 1.48. The van der Waals surface area contributed by atoms with Gasteiger partial charge >= 0.3 is 0 Å². The highest BCUT2D eigenvalue weighted by Crippen LogP contribution is 2.35. The Morgan fingerprint density at radius 3 is 3.00 bits per heavy atom. The average Bonchev–Trinajstić information content (AvgIpc) is 2.28. The number of hydrogen-bond acceptors (Lipinski definition) is 2. The third-order valence-electron chi connectivity index (χ3n) is 3.22. The second kappa shape index (κ2) is 3.36. The van der Waals surface area contributed by atoms with Crippen LogP contribution in [0.3, 0.4) is 0 Å². The molecular weight excluding hydrogens is 214 g/mol. The molecule has 0 saturated heterocycles. The number of benzene rings is 1. The number of hydrogen-bond donors (Lipinski definition) is 1. The lowest BCUT2D eigenvalue weighted by atomic mass is 9.94. The monoisotopic (exact) mass is 228 g/mol. The van der Waals surface area contributed by atoms with E-state index < -0.39 is 5.60 Å². The van der Waals surface area contributed by atoms with E-state index in [4.69, 9.17) is 4.74 Å². The molecule has 0 saturated carbocycles. The summed E-state index contributed by atoms with van der Waals surface area (Å²) in [7, 11) is 0. The van der Waals surface area contributed by atoms with Crippen LogP contribution in [-0.4, -0.2) is 10.6 Å². The molecule has 0 aliphatic carbocycles. The molecule has 0 amide bonds. The van der Waals surface area contributed by atoms with Crippen molar-refractivity contribution in [1.82, 2.24) is 4.98 Å². The molecule has 1 atom stereocenters. The number of nitrogens with one attached hydrogen (secondary N) is 1. The maximum Gasteiger partial charge on any atom is 0.255 e. The number of aromatic amines is 1. The smallest absolute Gasteiger partial charge is 0.255 e. The SMILES string of the molecule is [CH2]C1(C)CCc2c(c3ccccc3[nH]c2=O)O1. The van der Waals surface area contributed by atoms with Crippen LogP contribution in [0.25, 0.3) is 10.9 Å². The Hall–Kier alpha value is -1.77. The van der Waals surface area contributed by atoms with Gasteiger partial charge in [0.2, 0.25) is 0 Å². The fourth-order valence-electron chi connectivity index (χ4n) is 2.28. The van der Waals surface area contributed by atoms with Crippen LogP contribution in [0.1, 0.15) is 18.9 Å². The van der Waals surface area contributed by atoms with Crippen LogP contribution in [0.5, 0.6) is 5.75 Å². The number of H-pyrrole nitrogens is 1. The number of aromatic nitrogens is 1. The summed E-state index contributed by atoms with van der Waals surface area (Å²) in [5, 5.41) is 0.955. The zero-order valence-electron chi connectivity index (χ0n) is 9.75. The molecule has 1 N–H and O–H groups in total. The molecule has 1 aliphatic rings. The van der Waals surface area contributed by atoms with E-state index in [1.165, 1.54) is 0 Å². The maximum atomic E-state index is 11.9. The predicted octanol–water partition coefficient (Wildman–Crippen LogP) is 2.45. The molecule has 0 fully saturated rings. The van der Waals surface area contributed by atoms with Gasteiger partial charge in [-0.25, -0.2) is 0 Å². The van der Waals surface area contributed by atoms with E-state index in [0.717, 1.165) is 29.3 Å². The molecule has 1 unspecified atom stereocenters. The fraction of sp³-hybridized carbons (Fsp3) is 0.286. The van der Waals surface area contributed by atoms with Gasteiger partial charge in [0.05, 0.1) is 11.1 Å². The van der Waals surface area contributed by atoms with Crippen molar-refractivity contribution in [3.63, 3.8) is 0 Å². The van der Waals surface area contributed by atoms with Gasteiger partial charge in [-0.2, -0.15) is 0 Å². The van der Waals surface area contributed by atoms with Gasteiger partial charge in [0.15, 0.2) is 0 Å². The number of pyridine rings is 1. The summed E-state index contributed by atoms with van der Waals surface area (Å²) < 4.78 is 5.88. The first-order valence-corrected chi connectivity index (χ1v) is 5.75. The van der Waals surface area contributed by atoms with Gasteiger partial charge in [0.25, 0.3) is 5.56 Å². The van der Waals surface area contributed by atoms with Crippen LogP contribution in [0.2, 0.25) is 0 Å². The molecule has 0 spiro atoms. The first kappa shape index (κ1) is 10.4. The minimum atomic E-state index is -0.441. The van der Waals surface area contributed by atoms with Gasteiger partial charge in [0, 0.05) is 5.39 Å². The summed E-state index contributed by atoms with van der Waals surface area (Å²) in [6, 6.07) is 7.69. The molecule has 87 valence electrons. The van der Waals surface area contributed by atoms with Gasteiger partial charge in [0.1, 0.15) is 11.4 Å². The van der Waals surface area contributed by atoms with E-state index >= 15 is 0 Å². The maximum absolute atomic E-state index is 11.9. The Kier molecular flexibility index (Phi) is 2.05.